The number of carbonyl (C=O) groups is 2. The van der Waals surface area contributed by atoms with E-state index in [0.717, 1.165) is 37.4 Å². The van der Waals surface area contributed by atoms with Gasteiger partial charge in [-0.3, -0.25) is 4.79 Å². The molecule has 2 aliphatic heterocycles. The summed E-state index contributed by atoms with van der Waals surface area (Å²) < 4.78 is 15.7. The fraction of sp³-hybridized carbons (Fsp3) is 0.455. The van der Waals surface area contributed by atoms with E-state index >= 15 is 0 Å². The summed E-state index contributed by atoms with van der Waals surface area (Å²) in [6.07, 6.45) is 3.64. The molecule has 0 aliphatic carbocycles. The number of halogens is 1. The lowest BCUT2D eigenvalue weighted by Crippen LogP contribution is -2.67. The minimum Gasteiger partial charge on any atom is -0.338 e. The third-order valence-electron chi connectivity index (χ3n) is 5.98. The second-order valence-corrected chi connectivity index (χ2v) is 8.63. The molecule has 9 nitrogen and oxygen atoms in total. The number of anilines is 2. The average Bonchev–Trinajstić information content (AvgIpc) is 2.86. The van der Waals surface area contributed by atoms with Crippen LogP contribution < -0.4 is 21.3 Å². The first-order chi connectivity index (χ1) is 15.3. The largest absolute Gasteiger partial charge is 0.338 e. The molecule has 168 valence electrons. The van der Waals surface area contributed by atoms with Crippen LogP contribution in [0.3, 0.4) is 0 Å². The molecule has 3 amide bonds. The zero-order valence-electron chi connectivity index (χ0n) is 18.1. The van der Waals surface area contributed by atoms with E-state index in [9.17, 15) is 14.0 Å². The maximum atomic E-state index is 13.7. The Balaban J connectivity index is 1.64. The highest BCUT2D eigenvalue weighted by Crippen LogP contribution is 2.32. The van der Waals surface area contributed by atoms with E-state index in [2.05, 4.69) is 26.3 Å². The molecule has 0 spiro atoms. The molecule has 0 aromatic carbocycles. The maximum absolute atomic E-state index is 13.7. The van der Waals surface area contributed by atoms with Crippen LogP contribution in [0.5, 0.6) is 0 Å². The van der Waals surface area contributed by atoms with Gasteiger partial charge >= 0.3 is 6.03 Å². The minimum atomic E-state index is -0.844. The number of rotatable bonds is 4. The highest BCUT2D eigenvalue weighted by Gasteiger charge is 2.34. The lowest BCUT2D eigenvalue weighted by atomic mass is 9.96. The van der Waals surface area contributed by atoms with Crippen LogP contribution in [-0.4, -0.2) is 40.1 Å². The minimum absolute atomic E-state index is 0.121. The normalized spacial score (nSPS) is 16.7. The molecule has 0 unspecified atom stereocenters. The van der Waals surface area contributed by atoms with Crippen molar-refractivity contribution in [3.8, 4) is 6.07 Å². The molecule has 4 heterocycles. The molecule has 1 saturated heterocycles. The van der Waals surface area contributed by atoms with Crippen LogP contribution in [0, 0.1) is 24.2 Å². The van der Waals surface area contributed by atoms with Gasteiger partial charge in [-0.1, -0.05) is 6.42 Å². The Labute approximate surface area is 185 Å². The predicted molar refractivity (Wildman–Crippen MR) is 117 cm³/mol. The number of nitrogens with zero attached hydrogens (tertiary/aromatic N) is 3. The Kier molecular flexibility index (Phi) is 5.84. The molecule has 4 N–H and O–H groups in total. The van der Waals surface area contributed by atoms with Crippen molar-refractivity contribution in [2.45, 2.75) is 51.6 Å². The molecule has 10 heteroatoms. The number of aromatic nitrogens is 2. The van der Waals surface area contributed by atoms with Crippen molar-refractivity contribution in [3.63, 3.8) is 0 Å². The van der Waals surface area contributed by atoms with Gasteiger partial charge in [-0.05, 0) is 39.2 Å². The van der Waals surface area contributed by atoms with Crippen molar-refractivity contribution in [1.82, 2.24) is 20.2 Å². The molecule has 0 atom stereocenters. The summed E-state index contributed by atoms with van der Waals surface area (Å²) in [5, 5.41) is 20.8. The van der Waals surface area contributed by atoms with Crippen molar-refractivity contribution >= 4 is 23.3 Å². The van der Waals surface area contributed by atoms with E-state index in [1.165, 1.54) is 6.07 Å². The van der Waals surface area contributed by atoms with Crippen molar-refractivity contribution in [3.05, 3.63) is 40.7 Å². The van der Waals surface area contributed by atoms with Crippen molar-refractivity contribution in [1.29, 1.82) is 5.26 Å². The molecule has 1 fully saturated rings. The van der Waals surface area contributed by atoms with Gasteiger partial charge in [-0.25, -0.2) is 9.78 Å². The summed E-state index contributed by atoms with van der Waals surface area (Å²) in [5.41, 5.74) is 2.37. The average molecular weight is 439 g/mol. The second kappa shape index (κ2) is 8.59. The van der Waals surface area contributed by atoms with Gasteiger partial charge in [0, 0.05) is 42.6 Å². The van der Waals surface area contributed by atoms with Crippen LogP contribution in [-0.2, 0) is 13.0 Å². The number of pyridine rings is 1. The molecule has 0 radical (unpaired) electrons. The van der Waals surface area contributed by atoms with Crippen LogP contribution >= 0.6 is 0 Å². The van der Waals surface area contributed by atoms with Gasteiger partial charge in [-0.2, -0.15) is 9.65 Å². The number of hydrogen-bond donors (Lipinski definition) is 4. The molecule has 0 bridgehead atoms. The molecule has 2 aliphatic rings. The summed E-state index contributed by atoms with van der Waals surface area (Å²) in [4.78, 5) is 29.4. The number of urea groups is 1. The van der Waals surface area contributed by atoms with Crippen LogP contribution in [0.2, 0.25) is 0 Å². The monoisotopic (exact) mass is 439 g/mol. The predicted octanol–water partition coefficient (Wildman–Crippen LogP) is 2.66. The fourth-order valence-electron chi connectivity index (χ4n) is 4.34. The van der Waals surface area contributed by atoms with Crippen LogP contribution in [0.15, 0.2) is 12.1 Å². The van der Waals surface area contributed by atoms with E-state index in [-0.39, 0.29) is 23.0 Å². The molecular weight excluding hydrogens is 413 g/mol. The first kappa shape index (κ1) is 21.8. The number of carbonyl (C=O) groups excluding carboxylic acids is 2. The Bertz CT molecular complexity index is 1110. The molecule has 0 saturated carbocycles. The Hall–Kier alpha value is -3.45. The lowest BCUT2D eigenvalue weighted by molar-refractivity contribution is 0.101. The summed E-state index contributed by atoms with van der Waals surface area (Å²) in [6, 6.07) is 3.86. The second-order valence-electron chi connectivity index (χ2n) is 8.63. The zero-order valence-corrected chi connectivity index (χ0v) is 18.1. The van der Waals surface area contributed by atoms with E-state index in [4.69, 9.17) is 5.26 Å². The molecule has 4 rings (SSSR count). The van der Waals surface area contributed by atoms with Crippen LogP contribution in [0.1, 0.15) is 53.6 Å². The summed E-state index contributed by atoms with van der Waals surface area (Å²) in [5.74, 6) is -1.27. The van der Waals surface area contributed by atoms with Crippen molar-refractivity contribution in [2.75, 3.05) is 23.7 Å². The summed E-state index contributed by atoms with van der Waals surface area (Å²) in [6.45, 7) is 5.82. The van der Waals surface area contributed by atoms with Crippen molar-refractivity contribution < 1.29 is 14.0 Å². The first-order valence-corrected chi connectivity index (χ1v) is 10.7. The van der Waals surface area contributed by atoms with E-state index in [1.54, 1.807) is 13.0 Å². The van der Waals surface area contributed by atoms with Crippen LogP contribution in [0.25, 0.3) is 0 Å². The van der Waals surface area contributed by atoms with Gasteiger partial charge in [-0.15, -0.1) is 0 Å². The van der Waals surface area contributed by atoms with Gasteiger partial charge in [0.15, 0.2) is 0 Å². The van der Waals surface area contributed by atoms with Gasteiger partial charge in [0.25, 0.3) is 5.91 Å². The molecule has 32 heavy (non-hydrogen) atoms. The number of nitrogens with one attached hydrogen (secondary N) is 4. The number of fused-ring (bicyclic) bond motifs is 1. The van der Waals surface area contributed by atoms with Crippen LogP contribution in [0.4, 0.5) is 20.6 Å². The maximum Gasteiger partial charge on any atom is 0.319 e. The van der Waals surface area contributed by atoms with E-state index in [1.807, 2.05) is 11.5 Å². The zero-order chi connectivity index (χ0) is 22.9. The highest BCUT2D eigenvalue weighted by molar-refractivity contribution is 6.06. The number of hydrogen-bond acceptors (Lipinski definition) is 5. The number of nitriles is 1. The Morgan fingerprint density at radius 3 is 2.72 bits per heavy atom. The molecule has 2 aromatic heterocycles. The Morgan fingerprint density at radius 1 is 1.25 bits per heavy atom. The first-order valence-electron chi connectivity index (χ1n) is 10.7. The number of amides is 3. The van der Waals surface area contributed by atoms with Gasteiger partial charge in [0.05, 0.1) is 11.2 Å². The third kappa shape index (κ3) is 4.29. The Morgan fingerprint density at radius 2 is 2.03 bits per heavy atom. The van der Waals surface area contributed by atoms with Gasteiger partial charge in [0.1, 0.15) is 17.5 Å². The highest BCUT2D eigenvalue weighted by atomic mass is 19.1. The smallest absolute Gasteiger partial charge is 0.319 e. The van der Waals surface area contributed by atoms with Crippen molar-refractivity contribution in [2.24, 2.45) is 0 Å². The standard InChI is InChI=1S/C22H26FN7O2/c1-13-18(28-21(32)29-22(2)11-25-12-22)16-6-4-3-5-7-30(16)19(13)20(31)27-14-8-15(10-24)26-17(23)9-14/h8-9,25H,3-7,11-12H2,1-2H3,(H,26,27,31)(H2,28,29,32). The van der Waals surface area contributed by atoms with E-state index < -0.39 is 11.9 Å². The quantitative estimate of drug-likeness (QED) is 0.546. The topological polar surface area (TPSA) is 124 Å². The van der Waals surface area contributed by atoms with E-state index in [0.29, 0.717) is 36.6 Å². The summed E-state index contributed by atoms with van der Waals surface area (Å²) in [7, 11) is 0. The fourth-order valence-corrected chi connectivity index (χ4v) is 4.34. The third-order valence-corrected chi connectivity index (χ3v) is 5.98. The lowest BCUT2D eigenvalue weighted by Gasteiger charge is -2.39. The SMILES string of the molecule is Cc1c(NC(=O)NC2(C)CNC2)c2n(c1C(=O)Nc1cc(F)nc(C#N)c1)CCCCC2. The summed E-state index contributed by atoms with van der Waals surface area (Å²) >= 11 is 0. The van der Waals surface area contributed by atoms with Gasteiger partial charge in [0.2, 0.25) is 5.95 Å². The van der Waals surface area contributed by atoms with Gasteiger partial charge < -0.3 is 25.8 Å². The molecular formula is C22H26FN7O2. The molecule has 2 aromatic rings.